The number of aromatic nitrogens is 2. The van der Waals surface area contributed by atoms with E-state index in [1.807, 2.05) is 59.5 Å². The van der Waals surface area contributed by atoms with Gasteiger partial charge in [-0.15, -0.1) is 0 Å². The number of carbonyl (C=O) groups excluding carboxylic acids is 1. The molecule has 1 aliphatic heterocycles. The molecule has 23 heavy (non-hydrogen) atoms. The van der Waals surface area contributed by atoms with Crippen molar-refractivity contribution in [2.24, 2.45) is 0 Å². The van der Waals surface area contributed by atoms with Gasteiger partial charge >= 0.3 is 0 Å². The van der Waals surface area contributed by atoms with E-state index < -0.39 is 0 Å². The van der Waals surface area contributed by atoms with E-state index in [2.05, 4.69) is 9.97 Å². The lowest BCUT2D eigenvalue weighted by Gasteiger charge is -2.17. The summed E-state index contributed by atoms with van der Waals surface area (Å²) in [5, 5.41) is 0. The molecule has 0 saturated carbocycles. The minimum atomic E-state index is 0.190. The van der Waals surface area contributed by atoms with Crippen LogP contribution < -0.4 is 4.90 Å². The van der Waals surface area contributed by atoms with E-state index in [4.69, 9.17) is 0 Å². The highest BCUT2D eigenvalue weighted by atomic mass is 16.2. The van der Waals surface area contributed by atoms with Crippen LogP contribution in [0.5, 0.6) is 0 Å². The van der Waals surface area contributed by atoms with Crippen molar-refractivity contribution in [1.82, 2.24) is 9.97 Å². The zero-order valence-corrected chi connectivity index (χ0v) is 12.7. The minimum absolute atomic E-state index is 0.190. The van der Waals surface area contributed by atoms with E-state index >= 15 is 0 Å². The Balaban J connectivity index is 0.000000220. The SMILES string of the molecule is O=C1Cc2ccccc2N1Cc1ccccc1.c1cncnc1. The third-order valence-corrected chi connectivity index (χ3v) is 3.59. The number of hydrogen-bond acceptors (Lipinski definition) is 3. The lowest BCUT2D eigenvalue weighted by Crippen LogP contribution is -2.25. The minimum Gasteiger partial charge on any atom is -0.307 e. The van der Waals surface area contributed by atoms with Crippen LogP contribution in [-0.2, 0) is 17.8 Å². The van der Waals surface area contributed by atoms with Gasteiger partial charge in [0.15, 0.2) is 0 Å². The van der Waals surface area contributed by atoms with Gasteiger partial charge in [-0.3, -0.25) is 4.79 Å². The molecule has 1 aromatic heterocycles. The summed E-state index contributed by atoms with van der Waals surface area (Å²) >= 11 is 0. The number of rotatable bonds is 2. The summed E-state index contributed by atoms with van der Waals surface area (Å²) in [6.07, 6.45) is 5.41. The van der Waals surface area contributed by atoms with Gasteiger partial charge in [-0.1, -0.05) is 48.5 Å². The Morgan fingerprint density at radius 1 is 0.870 bits per heavy atom. The van der Waals surface area contributed by atoms with E-state index in [1.54, 1.807) is 18.5 Å². The molecule has 0 aliphatic carbocycles. The van der Waals surface area contributed by atoms with E-state index in [9.17, 15) is 4.79 Å². The van der Waals surface area contributed by atoms with Crippen molar-refractivity contribution < 1.29 is 4.79 Å². The van der Waals surface area contributed by atoms with Gasteiger partial charge in [-0.25, -0.2) is 9.97 Å². The summed E-state index contributed by atoms with van der Waals surface area (Å²) in [6.45, 7) is 0.663. The molecule has 2 aromatic carbocycles. The third-order valence-electron chi connectivity index (χ3n) is 3.59. The number of fused-ring (bicyclic) bond motifs is 1. The second-order valence-corrected chi connectivity index (χ2v) is 5.18. The molecule has 4 nitrogen and oxygen atoms in total. The van der Waals surface area contributed by atoms with Gasteiger partial charge in [0.2, 0.25) is 5.91 Å². The highest BCUT2D eigenvalue weighted by Crippen LogP contribution is 2.29. The van der Waals surface area contributed by atoms with Crippen LogP contribution in [0.25, 0.3) is 0 Å². The lowest BCUT2D eigenvalue weighted by atomic mass is 10.1. The van der Waals surface area contributed by atoms with Crippen molar-refractivity contribution in [3.8, 4) is 0 Å². The smallest absolute Gasteiger partial charge is 0.231 e. The Morgan fingerprint density at radius 2 is 1.57 bits per heavy atom. The molecule has 0 N–H and O–H groups in total. The van der Waals surface area contributed by atoms with Gasteiger partial charge in [0.1, 0.15) is 6.33 Å². The predicted molar refractivity (Wildman–Crippen MR) is 89.8 cm³/mol. The number of amides is 1. The van der Waals surface area contributed by atoms with Gasteiger partial charge in [-0.2, -0.15) is 0 Å². The second-order valence-electron chi connectivity index (χ2n) is 5.18. The molecule has 2 heterocycles. The highest BCUT2D eigenvalue weighted by Gasteiger charge is 2.26. The maximum absolute atomic E-state index is 12.0. The standard InChI is InChI=1S/C15H13NO.C4H4N2/c17-15-10-13-8-4-5-9-14(13)16(15)11-12-6-2-1-3-7-12;1-2-5-4-6-3-1/h1-9H,10-11H2;1-4H. The van der Waals surface area contributed by atoms with E-state index in [1.165, 1.54) is 6.33 Å². The number of benzene rings is 2. The normalized spacial score (nSPS) is 12.3. The molecule has 114 valence electrons. The van der Waals surface area contributed by atoms with Crippen LogP contribution >= 0.6 is 0 Å². The van der Waals surface area contributed by atoms with E-state index in [-0.39, 0.29) is 5.91 Å². The number of anilines is 1. The topological polar surface area (TPSA) is 46.1 Å². The van der Waals surface area contributed by atoms with Crippen LogP contribution in [0.1, 0.15) is 11.1 Å². The van der Waals surface area contributed by atoms with Gasteiger partial charge in [0.25, 0.3) is 0 Å². The van der Waals surface area contributed by atoms with Crippen LogP contribution in [0.15, 0.2) is 79.4 Å². The molecule has 0 saturated heterocycles. The zero-order chi connectivity index (χ0) is 15.9. The zero-order valence-electron chi connectivity index (χ0n) is 12.7. The second kappa shape index (κ2) is 7.31. The average Bonchev–Trinajstić information content (AvgIpc) is 2.94. The van der Waals surface area contributed by atoms with Gasteiger partial charge in [0, 0.05) is 18.1 Å². The first-order valence-corrected chi connectivity index (χ1v) is 7.47. The molecular formula is C19H17N3O. The van der Waals surface area contributed by atoms with Crippen molar-refractivity contribution in [1.29, 1.82) is 0 Å². The fraction of sp³-hybridized carbons (Fsp3) is 0.105. The van der Waals surface area contributed by atoms with Crippen LogP contribution in [-0.4, -0.2) is 15.9 Å². The van der Waals surface area contributed by atoms with Gasteiger partial charge in [-0.05, 0) is 23.3 Å². The van der Waals surface area contributed by atoms with Crippen LogP contribution in [0, 0.1) is 0 Å². The Bertz CT molecular complexity index is 733. The van der Waals surface area contributed by atoms with Crippen LogP contribution in [0.4, 0.5) is 5.69 Å². The quantitative estimate of drug-likeness (QED) is 0.730. The number of hydrogen-bond donors (Lipinski definition) is 0. The Morgan fingerprint density at radius 3 is 2.22 bits per heavy atom. The summed E-state index contributed by atoms with van der Waals surface area (Å²) in [5.41, 5.74) is 3.35. The molecule has 1 amide bonds. The first kappa shape index (κ1) is 14.9. The van der Waals surface area contributed by atoms with Crippen molar-refractivity contribution in [2.75, 3.05) is 4.90 Å². The first-order valence-electron chi connectivity index (χ1n) is 7.47. The molecule has 0 unspecified atom stereocenters. The maximum atomic E-state index is 12.0. The molecule has 0 spiro atoms. The predicted octanol–water partition coefficient (Wildman–Crippen LogP) is 3.25. The molecule has 4 heteroatoms. The first-order chi connectivity index (χ1) is 11.3. The Hall–Kier alpha value is -3.01. The molecule has 4 rings (SSSR count). The molecule has 3 aromatic rings. The number of para-hydroxylation sites is 1. The van der Waals surface area contributed by atoms with Crippen molar-refractivity contribution in [2.45, 2.75) is 13.0 Å². The maximum Gasteiger partial charge on any atom is 0.231 e. The van der Waals surface area contributed by atoms with Crippen LogP contribution in [0.3, 0.4) is 0 Å². The highest BCUT2D eigenvalue weighted by molar-refractivity contribution is 6.01. The molecule has 0 fully saturated rings. The number of nitrogens with zero attached hydrogens (tertiary/aromatic N) is 3. The van der Waals surface area contributed by atoms with Crippen molar-refractivity contribution >= 4 is 11.6 Å². The Kier molecular flexibility index (Phi) is 4.74. The van der Waals surface area contributed by atoms with E-state index in [0.717, 1.165) is 16.8 Å². The largest absolute Gasteiger partial charge is 0.307 e. The fourth-order valence-corrected chi connectivity index (χ4v) is 2.51. The van der Waals surface area contributed by atoms with Crippen molar-refractivity contribution in [3.05, 3.63) is 90.5 Å². The average molecular weight is 303 g/mol. The molecular weight excluding hydrogens is 286 g/mol. The summed E-state index contributed by atoms with van der Waals surface area (Å²) in [7, 11) is 0. The summed E-state index contributed by atoms with van der Waals surface area (Å²) in [5.74, 6) is 0.190. The third kappa shape index (κ3) is 3.80. The summed E-state index contributed by atoms with van der Waals surface area (Å²) in [4.78, 5) is 21.2. The van der Waals surface area contributed by atoms with Crippen LogP contribution in [0.2, 0.25) is 0 Å². The molecule has 1 aliphatic rings. The summed E-state index contributed by atoms with van der Waals surface area (Å²) in [6, 6.07) is 19.9. The van der Waals surface area contributed by atoms with Gasteiger partial charge < -0.3 is 4.90 Å². The Labute approximate surface area is 135 Å². The molecule has 0 atom stereocenters. The lowest BCUT2D eigenvalue weighted by molar-refractivity contribution is -0.117. The molecule has 0 radical (unpaired) electrons. The van der Waals surface area contributed by atoms with Gasteiger partial charge in [0.05, 0.1) is 13.0 Å². The monoisotopic (exact) mass is 303 g/mol. The summed E-state index contributed by atoms with van der Waals surface area (Å²) < 4.78 is 0. The molecule has 0 bridgehead atoms. The fourth-order valence-electron chi connectivity index (χ4n) is 2.51. The number of carbonyl (C=O) groups is 1. The van der Waals surface area contributed by atoms with E-state index in [0.29, 0.717) is 13.0 Å². The van der Waals surface area contributed by atoms with Crippen molar-refractivity contribution in [3.63, 3.8) is 0 Å².